The number of hydrogen-bond donors (Lipinski definition) is 1. The van der Waals surface area contributed by atoms with Crippen molar-refractivity contribution >= 4 is 28.5 Å². The maximum atomic E-state index is 13.3. The van der Waals surface area contributed by atoms with Gasteiger partial charge in [0.05, 0.1) is 16.8 Å². The number of aryl methyl sites for hydroxylation is 3. The van der Waals surface area contributed by atoms with E-state index in [0.29, 0.717) is 16.5 Å². The van der Waals surface area contributed by atoms with Gasteiger partial charge in [0.15, 0.2) is 6.61 Å². The molecule has 4 rings (SSSR count). The number of benzene rings is 3. The van der Waals surface area contributed by atoms with Crippen molar-refractivity contribution in [3.05, 3.63) is 94.5 Å². The molecule has 0 aliphatic carbocycles. The second-order valence-electron chi connectivity index (χ2n) is 8.63. The third kappa shape index (κ3) is 5.09. The van der Waals surface area contributed by atoms with E-state index in [2.05, 4.69) is 5.32 Å². The number of pyridine rings is 1. The molecule has 0 radical (unpaired) electrons. The van der Waals surface area contributed by atoms with Crippen LogP contribution in [0.2, 0.25) is 0 Å². The fourth-order valence-corrected chi connectivity index (χ4v) is 4.34. The maximum absolute atomic E-state index is 13.3. The summed E-state index contributed by atoms with van der Waals surface area (Å²) < 4.78 is 5.53. The number of amides is 1. The van der Waals surface area contributed by atoms with Crippen molar-refractivity contribution in [2.24, 2.45) is 0 Å². The number of anilines is 1. The number of aromatic nitrogens is 1. The number of rotatable bonds is 7. The highest BCUT2D eigenvalue weighted by Gasteiger charge is 2.21. The molecule has 1 amide bonds. The zero-order chi connectivity index (χ0) is 24.9. The van der Waals surface area contributed by atoms with Crippen molar-refractivity contribution in [3.63, 3.8) is 0 Å². The van der Waals surface area contributed by atoms with Crippen molar-refractivity contribution in [1.82, 2.24) is 4.98 Å². The molecule has 0 bridgehead atoms. The van der Waals surface area contributed by atoms with Crippen molar-refractivity contribution in [1.29, 1.82) is 0 Å². The second kappa shape index (κ2) is 10.5. The van der Waals surface area contributed by atoms with Crippen LogP contribution in [0.5, 0.6) is 0 Å². The Balaban J connectivity index is 1.61. The van der Waals surface area contributed by atoms with Crippen LogP contribution in [0.3, 0.4) is 0 Å². The van der Waals surface area contributed by atoms with Gasteiger partial charge in [0.25, 0.3) is 5.91 Å². The molecular formula is C30H30N2O3. The number of esters is 1. The Labute approximate surface area is 206 Å². The van der Waals surface area contributed by atoms with Gasteiger partial charge in [-0.05, 0) is 49.4 Å². The van der Waals surface area contributed by atoms with Crippen LogP contribution in [0.1, 0.15) is 46.5 Å². The topological polar surface area (TPSA) is 68.3 Å². The molecule has 35 heavy (non-hydrogen) atoms. The molecule has 1 heterocycles. The molecule has 0 aliphatic rings. The van der Waals surface area contributed by atoms with E-state index in [-0.39, 0.29) is 12.5 Å². The Morgan fingerprint density at radius 3 is 2.17 bits per heavy atom. The molecule has 1 N–H and O–H groups in total. The second-order valence-corrected chi connectivity index (χ2v) is 8.63. The van der Waals surface area contributed by atoms with Gasteiger partial charge in [-0.1, -0.05) is 80.1 Å². The minimum absolute atomic E-state index is 0.358. The molecule has 4 aromatic rings. The van der Waals surface area contributed by atoms with Crippen LogP contribution in [-0.2, 0) is 22.4 Å². The van der Waals surface area contributed by atoms with E-state index in [4.69, 9.17) is 9.72 Å². The van der Waals surface area contributed by atoms with Crippen molar-refractivity contribution in [2.45, 2.75) is 40.5 Å². The number of carbonyl (C=O) groups excluding carboxylic acids is 2. The average Bonchev–Trinajstić information content (AvgIpc) is 2.87. The predicted molar refractivity (Wildman–Crippen MR) is 141 cm³/mol. The number of ether oxygens (including phenoxy) is 1. The molecule has 0 aliphatic heterocycles. The number of nitrogens with zero attached hydrogens (tertiary/aromatic N) is 1. The summed E-state index contributed by atoms with van der Waals surface area (Å²) in [5.74, 6) is -0.896. The summed E-state index contributed by atoms with van der Waals surface area (Å²) in [6, 6.07) is 21.5. The summed E-state index contributed by atoms with van der Waals surface area (Å²) >= 11 is 0. The zero-order valence-electron chi connectivity index (χ0n) is 20.6. The molecule has 1 aromatic heterocycles. The number of fused-ring (bicyclic) bond motifs is 1. The Bertz CT molecular complexity index is 1370. The lowest BCUT2D eigenvalue weighted by Crippen LogP contribution is -2.23. The number of nitrogens with one attached hydrogen (secondary N) is 1. The van der Waals surface area contributed by atoms with E-state index in [0.717, 1.165) is 52.0 Å². The molecule has 5 nitrogen and oxygen atoms in total. The average molecular weight is 467 g/mol. The van der Waals surface area contributed by atoms with Gasteiger partial charge in [0.1, 0.15) is 0 Å². The van der Waals surface area contributed by atoms with Gasteiger partial charge in [0.2, 0.25) is 0 Å². The largest absolute Gasteiger partial charge is 0.452 e. The van der Waals surface area contributed by atoms with E-state index < -0.39 is 5.97 Å². The first-order chi connectivity index (χ1) is 16.9. The molecule has 5 heteroatoms. The lowest BCUT2D eigenvalue weighted by atomic mass is 9.97. The summed E-state index contributed by atoms with van der Waals surface area (Å²) in [5.41, 5.74) is 7.59. The highest BCUT2D eigenvalue weighted by Crippen LogP contribution is 2.30. The van der Waals surface area contributed by atoms with Crippen LogP contribution in [-0.4, -0.2) is 23.5 Å². The fraction of sp³-hybridized carbons (Fsp3) is 0.233. The summed E-state index contributed by atoms with van der Waals surface area (Å²) in [4.78, 5) is 30.9. The quantitative estimate of drug-likeness (QED) is 0.318. The van der Waals surface area contributed by atoms with Crippen LogP contribution < -0.4 is 5.32 Å². The minimum Gasteiger partial charge on any atom is -0.452 e. The Morgan fingerprint density at radius 1 is 0.857 bits per heavy atom. The molecule has 0 spiro atoms. The zero-order valence-corrected chi connectivity index (χ0v) is 20.6. The molecule has 0 saturated heterocycles. The summed E-state index contributed by atoms with van der Waals surface area (Å²) in [7, 11) is 0. The van der Waals surface area contributed by atoms with Gasteiger partial charge >= 0.3 is 5.97 Å². The highest BCUT2D eigenvalue weighted by atomic mass is 16.5. The first kappa shape index (κ1) is 24.1. The lowest BCUT2D eigenvalue weighted by molar-refractivity contribution is -0.119. The van der Waals surface area contributed by atoms with E-state index in [1.807, 2.05) is 94.4 Å². The molecule has 0 unspecified atom stereocenters. The number of para-hydroxylation sites is 2. The first-order valence-corrected chi connectivity index (χ1v) is 12.0. The summed E-state index contributed by atoms with van der Waals surface area (Å²) in [5, 5.41) is 3.66. The molecular weight excluding hydrogens is 436 g/mol. The van der Waals surface area contributed by atoms with Gasteiger partial charge in [-0.25, -0.2) is 9.78 Å². The number of carbonyl (C=O) groups is 2. The Hall–Kier alpha value is -3.99. The monoisotopic (exact) mass is 466 g/mol. The van der Waals surface area contributed by atoms with Crippen LogP contribution in [0.25, 0.3) is 22.2 Å². The van der Waals surface area contributed by atoms with Crippen molar-refractivity contribution in [2.75, 3.05) is 11.9 Å². The predicted octanol–water partition coefficient (Wildman–Crippen LogP) is 6.44. The van der Waals surface area contributed by atoms with Gasteiger partial charge in [-0.2, -0.15) is 0 Å². The van der Waals surface area contributed by atoms with E-state index in [1.54, 1.807) is 0 Å². The SMILES string of the molecule is CCc1cccc(CC)c1NC(=O)COC(=O)c1c(C)c(-c2ccc(C)cc2)nc2ccccc12. The van der Waals surface area contributed by atoms with Crippen molar-refractivity contribution < 1.29 is 14.3 Å². The lowest BCUT2D eigenvalue weighted by Gasteiger charge is -2.16. The third-order valence-electron chi connectivity index (χ3n) is 6.26. The minimum atomic E-state index is -0.538. The number of hydrogen-bond acceptors (Lipinski definition) is 4. The normalized spacial score (nSPS) is 10.9. The first-order valence-electron chi connectivity index (χ1n) is 12.0. The molecule has 0 fully saturated rings. The van der Waals surface area contributed by atoms with Crippen molar-refractivity contribution in [3.8, 4) is 11.3 Å². The maximum Gasteiger partial charge on any atom is 0.339 e. The van der Waals surface area contributed by atoms with Gasteiger partial charge in [-0.15, -0.1) is 0 Å². The smallest absolute Gasteiger partial charge is 0.339 e. The van der Waals surface area contributed by atoms with Gasteiger partial charge in [-0.3, -0.25) is 4.79 Å². The summed E-state index contributed by atoms with van der Waals surface area (Å²) in [6.45, 7) is 7.63. The summed E-state index contributed by atoms with van der Waals surface area (Å²) in [6.07, 6.45) is 1.60. The molecule has 0 saturated carbocycles. The molecule has 178 valence electrons. The molecule has 3 aromatic carbocycles. The fourth-order valence-electron chi connectivity index (χ4n) is 4.34. The van der Waals surface area contributed by atoms with E-state index in [9.17, 15) is 9.59 Å². The van der Waals surface area contributed by atoms with Crippen LogP contribution in [0.4, 0.5) is 5.69 Å². The van der Waals surface area contributed by atoms with Gasteiger partial charge < -0.3 is 10.1 Å². The highest BCUT2D eigenvalue weighted by molar-refractivity contribution is 6.07. The van der Waals surface area contributed by atoms with Crippen LogP contribution >= 0.6 is 0 Å². The third-order valence-corrected chi connectivity index (χ3v) is 6.26. The van der Waals surface area contributed by atoms with Crippen LogP contribution in [0, 0.1) is 13.8 Å². The molecule has 0 atom stereocenters. The Morgan fingerprint density at radius 2 is 1.51 bits per heavy atom. The van der Waals surface area contributed by atoms with Gasteiger partial charge in [0, 0.05) is 16.6 Å². The van der Waals surface area contributed by atoms with Crippen LogP contribution in [0.15, 0.2) is 66.7 Å². The Kier molecular flexibility index (Phi) is 7.25. The van der Waals surface area contributed by atoms with E-state index in [1.165, 1.54) is 0 Å². The van der Waals surface area contributed by atoms with E-state index >= 15 is 0 Å². The standard InChI is InChI=1S/C30H30N2O3/c1-5-21-10-9-11-22(6-2)29(21)32-26(33)18-35-30(34)27-20(4)28(23-16-14-19(3)15-17-23)31-25-13-8-7-12-24(25)27/h7-17H,5-6,18H2,1-4H3,(H,32,33).